The molecule has 15 heavy (non-hydrogen) atoms. The van der Waals surface area contributed by atoms with Crippen molar-refractivity contribution in [3.8, 4) is 0 Å². The van der Waals surface area contributed by atoms with E-state index >= 15 is 0 Å². The van der Waals surface area contributed by atoms with Crippen molar-refractivity contribution in [3.63, 3.8) is 0 Å². The first kappa shape index (κ1) is 14.4. The van der Waals surface area contributed by atoms with Crippen molar-refractivity contribution in [2.45, 2.75) is 58.3 Å². The minimum absolute atomic E-state index is 0.181. The summed E-state index contributed by atoms with van der Waals surface area (Å²) in [5, 5.41) is 8.51. The maximum Gasteiger partial charge on any atom is 0.0612 e. The summed E-state index contributed by atoms with van der Waals surface area (Å²) in [6.45, 7) is 2.41. The molecule has 1 N–H and O–H groups in total. The molecule has 0 aliphatic heterocycles. The van der Waals surface area contributed by atoms with Crippen molar-refractivity contribution >= 4 is 0 Å². The lowest BCUT2D eigenvalue weighted by molar-refractivity contribution is 0.342. The summed E-state index contributed by atoms with van der Waals surface area (Å²) in [6.07, 6.45) is 18.6. The van der Waals surface area contributed by atoms with Gasteiger partial charge in [0.15, 0.2) is 0 Å². The zero-order valence-corrected chi connectivity index (χ0v) is 10.1. The van der Waals surface area contributed by atoms with Gasteiger partial charge in [0.1, 0.15) is 0 Å². The van der Waals surface area contributed by atoms with E-state index in [1.54, 1.807) is 0 Å². The van der Waals surface area contributed by atoms with Gasteiger partial charge in [-0.25, -0.2) is 0 Å². The smallest absolute Gasteiger partial charge is 0.0612 e. The molecule has 1 nitrogen and oxygen atoms in total. The van der Waals surface area contributed by atoms with Crippen LogP contribution in [0.2, 0.25) is 0 Å². The lowest BCUT2D eigenvalue weighted by Crippen LogP contribution is -1.76. The molecule has 0 aromatic carbocycles. The van der Waals surface area contributed by atoms with Gasteiger partial charge >= 0.3 is 0 Å². The summed E-state index contributed by atoms with van der Waals surface area (Å²) < 4.78 is 0. The predicted molar refractivity (Wildman–Crippen MR) is 68.0 cm³/mol. The first-order chi connectivity index (χ1) is 7.41. The van der Waals surface area contributed by atoms with Crippen LogP contribution in [0.4, 0.5) is 0 Å². The highest BCUT2D eigenvalue weighted by molar-refractivity contribution is 4.82. The summed E-state index contributed by atoms with van der Waals surface area (Å²) in [5.41, 5.74) is 0. The number of hydrogen-bond acceptors (Lipinski definition) is 1. The fourth-order valence-corrected chi connectivity index (χ4v) is 1.45. The van der Waals surface area contributed by atoms with Crippen LogP contribution in [0.15, 0.2) is 24.3 Å². The zero-order valence-electron chi connectivity index (χ0n) is 10.1. The van der Waals surface area contributed by atoms with Gasteiger partial charge in [-0.1, -0.05) is 50.5 Å². The van der Waals surface area contributed by atoms with E-state index in [0.29, 0.717) is 0 Å². The van der Waals surface area contributed by atoms with Gasteiger partial charge in [-0.15, -0.1) is 0 Å². The summed E-state index contributed by atoms with van der Waals surface area (Å²) in [6, 6.07) is 0. The molecule has 0 fully saturated rings. The Morgan fingerprint density at radius 2 is 1.27 bits per heavy atom. The summed E-state index contributed by atoms with van der Waals surface area (Å²) in [7, 11) is 0. The van der Waals surface area contributed by atoms with Crippen LogP contribution < -0.4 is 0 Å². The summed E-state index contributed by atoms with van der Waals surface area (Å²) >= 11 is 0. The Balaban J connectivity index is 3.04. The highest BCUT2D eigenvalue weighted by Gasteiger charge is 1.85. The Bertz CT molecular complexity index is 159. The molecule has 0 heterocycles. The van der Waals surface area contributed by atoms with Gasteiger partial charge in [0.25, 0.3) is 0 Å². The zero-order chi connectivity index (χ0) is 11.2. The first-order valence-corrected chi connectivity index (χ1v) is 6.32. The lowest BCUT2D eigenvalue weighted by atomic mass is 10.1. The predicted octanol–water partition coefficient (Wildman–Crippen LogP) is 4.23. The number of hydrogen-bond donors (Lipinski definition) is 1. The molecular formula is C14H26O. The average molecular weight is 210 g/mol. The van der Waals surface area contributed by atoms with Crippen molar-refractivity contribution in [2.75, 3.05) is 6.61 Å². The Hall–Kier alpha value is -0.560. The minimum atomic E-state index is 0.181. The molecule has 0 atom stereocenters. The van der Waals surface area contributed by atoms with Crippen LogP contribution in [-0.2, 0) is 0 Å². The van der Waals surface area contributed by atoms with Crippen LogP contribution in [0.1, 0.15) is 58.3 Å². The van der Waals surface area contributed by atoms with Crippen molar-refractivity contribution in [1.82, 2.24) is 0 Å². The molecule has 0 spiro atoms. The number of unbranched alkanes of at least 4 members (excludes halogenated alkanes) is 6. The Labute approximate surface area is 94.9 Å². The first-order valence-electron chi connectivity index (χ1n) is 6.32. The minimum Gasteiger partial charge on any atom is -0.392 e. The molecule has 0 rings (SSSR count). The monoisotopic (exact) mass is 210 g/mol. The van der Waals surface area contributed by atoms with Crippen LogP contribution in [0.25, 0.3) is 0 Å². The average Bonchev–Trinajstić information content (AvgIpc) is 2.26. The van der Waals surface area contributed by atoms with Crippen LogP contribution >= 0.6 is 0 Å². The fraction of sp³-hybridized carbons (Fsp3) is 0.714. The fourth-order valence-electron chi connectivity index (χ4n) is 1.45. The molecule has 0 aromatic rings. The van der Waals surface area contributed by atoms with Gasteiger partial charge in [-0.05, 0) is 32.1 Å². The molecule has 0 aromatic heterocycles. The van der Waals surface area contributed by atoms with Crippen molar-refractivity contribution in [3.05, 3.63) is 24.3 Å². The molecule has 0 aliphatic carbocycles. The van der Waals surface area contributed by atoms with Gasteiger partial charge < -0.3 is 5.11 Å². The van der Waals surface area contributed by atoms with Gasteiger partial charge in [-0.2, -0.15) is 0 Å². The van der Waals surface area contributed by atoms with Crippen molar-refractivity contribution < 1.29 is 5.11 Å². The van der Waals surface area contributed by atoms with E-state index in [-0.39, 0.29) is 6.61 Å². The number of rotatable bonds is 10. The number of aliphatic hydroxyl groups is 1. The lowest BCUT2D eigenvalue weighted by Gasteiger charge is -1.95. The highest BCUT2D eigenvalue weighted by Crippen LogP contribution is 2.05. The van der Waals surface area contributed by atoms with Crippen LogP contribution in [-0.4, -0.2) is 11.7 Å². The van der Waals surface area contributed by atoms with Crippen LogP contribution in [0.3, 0.4) is 0 Å². The van der Waals surface area contributed by atoms with E-state index in [2.05, 4.69) is 25.2 Å². The van der Waals surface area contributed by atoms with E-state index in [1.807, 2.05) is 6.08 Å². The largest absolute Gasteiger partial charge is 0.392 e. The second kappa shape index (κ2) is 13.4. The normalized spacial score (nSPS) is 11.9. The topological polar surface area (TPSA) is 20.2 Å². The van der Waals surface area contributed by atoms with E-state index in [0.717, 1.165) is 6.42 Å². The third-order valence-corrected chi connectivity index (χ3v) is 2.40. The second-order valence-electron chi connectivity index (χ2n) is 3.91. The molecule has 0 aliphatic rings. The molecule has 88 valence electrons. The van der Waals surface area contributed by atoms with Gasteiger partial charge in [-0.3, -0.25) is 0 Å². The molecule has 0 saturated carbocycles. The molecule has 1 heteroatoms. The third kappa shape index (κ3) is 13.4. The molecule has 0 unspecified atom stereocenters. The number of aliphatic hydroxyl groups excluding tert-OH is 1. The second-order valence-corrected chi connectivity index (χ2v) is 3.91. The van der Waals surface area contributed by atoms with Gasteiger partial charge in [0.05, 0.1) is 6.61 Å². The molecule has 0 saturated heterocycles. The Morgan fingerprint density at radius 1 is 0.733 bits per heavy atom. The number of allylic oxidation sites excluding steroid dienone is 3. The van der Waals surface area contributed by atoms with E-state index in [4.69, 9.17) is 5.11 Å². The van der Waals surface area contributed by atoms with Crippen LogP contribution in [0.5, 0.6) is 0 Å². The maximum atomic E-state index is 8.51. The Kier molecular flexibility index (Phi) is 12.9. The van der Waals surface area contributed by atoms with Crippen molar-refractivity contribution in [1.29, 1.82) is 0 Å². The van der Waals surface area contributed by atoms with Crippen molar-refractivity contribution in [2.24, 2.45) is 0 Å². The molecular weight excluding hydrogens is 184 g/mol. The van der Waals surface area contributed by atoms with Gasteiger partial charge in [0.2, 0.25) is 0 Å². The maximum absolute atomic E-state index is 8.51. The summed E-state index contributed by atoms with van der Waals surface area (Å²) in [5.74, 6) is 0. The van der Waals surface area contributed by atoms with E-state index in [9.17, 15) is 0 Å². The molecule has 0 amide bonds. The SMILES string of the molecule is CCCC/C=C\CCCCC/C=C\CO. The molecule has 0 bridgehead atoms. The molecule has 0 radical (unpaired) electrons. The third-order valence-electron chi connectivity index (χ3n) is 2.40. The van der Waals surface area contributed by atoms with E-state index < -0.39 is 0 Å². The quantitative estimate of drug-likeness (QED) is 0.422. The van der Waals surface area contributed by atoms with Crippen LogP contribution in [0, 0.1) is 0 Å². The summed E-state index contributed by atoms with van der Waals surface area (Å²) in [4.78, 5) is 0. The van der Waals surface area contributed by atoms with Gasteiger partial charge in [0, 0.05) is 0 Å². The highest BCUT2D eigenvalue weighted by atomic mass is 16.2. The van der Waals surface area contributed by atoms with E-state index in [1.165, 1.54) is 44.9 Å². The standard InChI is InChI=1S/C14H26O/c1-2-3-4-5-6-7-8-9-10-11-12-13-14-15/h5-6,12-13,15H,2-4,7-11,14H2,1H3/b6-5-,13-12-. The Morgan fingerprint density at radius 3 is 1.80 bits per heavy atom.